The number of hydrogen-bond acceptors (Lipinski definition) is 10. The third-order valence-corrected chi connectivity index (χ3v) is 10.4. The second kappa shape index (κ2) is 11.2. The molecule has 228 valence electrons. The Bertz CT molecular complexity index is 1820. The summed E-state index contributed by atoms with van der Waals surface area (Å²) >= 11 is 1.29. The molecule has 3 aromatic heterocycles. The van der Waals surface area contributed by atoms with Gasteiger partial charge in [-0.2, -0.15) is 15.2 Å². The number of likely N-dealkylation sites (tertiary alicyclic amines) is 1. The molecule has 9 nitrogen and oxygen atoms in total. The minimum Gasteiger partial charge on any atom is -0.462 e. The molecule has 1 aromatic carbocycles. The van der Waals surface area contributed by atoms with Gasteiger partial charge in [0.05, 0.1) is 17.3 Å². The van der Waals surface area contributed by atoms with E-state index in [1.807, 2.05) is 13.0 Å². The number of nitrogens with two attached hydrogens (primary N) is 1. The zero-order valence-corrected chi connectivity index (χ0v) is 25.6. The Morgan fingerprint density at radius 2 is 2.07 bits per heavy atom. The van der Waals surface area contributed by atoms with Crippen LogP contribution in [0.1, 0.15) is 38.7 Å². The van der Waals surface area contributed by atoms with Gasteiger partial charge in [0.2, 0.25) is 0 Å². The maximum absolute atomic E-state index is 16.7. The van der Waals surface area contributed by atoms with Crippen molar-refractivity contribution in [2.24, 2.45) is 5.41 Å². The van der Waals surface area contributed by atoms with Crippen molar-refractivity contribution in [2.45, 2.75) is 45.2 Å². The predicted molar refractivity (Wildman–Crippen MR) is 169 cm³/mol. The van der Waals surface area contributed by atoms with Crippen molar-refractivity contribution in [2.75, 3.05) is 50.0 Å². The molecule has 3 saturated heterocycles. The number of anilines is 2. The van der Waals surface area contributed by atoms with E-state index in [2.05, 4.69) is 38.1 Å². The van der Waals surface area contributed by atoms with Crippen molar-refractivity contribution in [3.8, 4) is 23.3 Å². The van der Waals surface area contributed by atoms with E-state index in [0.717, 1.165) is 43.7 Å². The zero-order valence-electron chi connectivity index (χ0n) is 24.7. The zero-order chi connectivity index (χ0) is 30.6. The molecule has 0 spiro atoms. The van der Waals surface area contributed by atoms with Gasteiger partial charge >= 0.3 is 6.01 Å². The van der Waals surface area contributed by atoms with E-state index in [-0.39, 0.29) is 23.8 Å². The number of aromatic nitrogens is 3. The third-order valence-electron chi connectivity index (χ3n) is 9.41. The Balaban J connectivity index is 1.34. The van der Waals surface area contributed by atoms with Gasteiger partial charge in [-0.05, 0) is 37.4 Å². The van der Waals surface area contributed by atoms with Crippen LogP contribution in [0.2, 0.25) is 0 Å². The monoisotopic (exact) mass is 616 g/mol. The molecule has 7 rings (SSSR count). The van der Waals surface area contributed by atoms with Crippen molar-refractivity contribution < 1.29 is 13.5 Å². The molecule has 0 aliphatic carbocycles. The number of piperazine rings is 1. The van der Waals surface area contributed by atoms with Gasteiger partial charge in [-0.1, -0.05) is 26.0 Å². The lowest BCUT2D eigenvalue weighted by Crippen LogP contribution is -2.51. The lowest BCUT2D eigenvalue weighted by Gasteiger charge is -2.41. The number of thiophene rings is 1. The maximum Gasteiger partial charge on any atom is 0.319 e. The minimum atomic E-state index is -0.624. The maximum atomic E-state index is 16.7. The molecule has 0 saturated carbocycles. The first kappa shape index (κ1) is 28.8. The first-order valence-electron chi connectivity index (χ1n) is 15.1. The van der Waals surface area contributed by atoms with Crippen LogP contribution < -0.4 is 20.7 Å². The molecule has 3 fully saturated rings. The Labute approximate surface area is 258 Å². The van der Waals surface area contributed by atoms with Crippen LogP contribution in [0, 0.1) is 22.6 Å². The summed E-state index contributed by atoms with van der Waals surface area (Å²) in [6.07, 6.45) is 5.08. The number of piperidine rings is 1. The molecule has 44 heavy (non-hydrogen) atoms. The lowest BCUT2D eigenvalue weighted by atomic mass is 9.78. The summed E-state index contributed by atoms with van der Waals surface area (Å²) in [5, 5.41) is 14.9. The smallest absolute Gasteiger partial charge is 0.319 e. The summed E-state index contributed by atoms with van der Waals surface area (Å²) in [5.74, 6) is -0.0528. The van der Waals surface area contributed by atoms with Gasteiger partial charge in [-0.15, -0.1) is 11.3 Å². The second-order valence-electron chi connectivity index (χ2n) is 12.3. The molecule has 12 heteroatoms. The van der Waals surface area contributed by atoms with E-state index in [9.17, 15) is 9.65 Å². The van der Waals surface area contributed by atoms with Gasteiger partial charge < -0.3 is 25.6 Å². The number of fused-ring (bicyclic) bond motifs is 4. The molecule has 0 unspecified atom stereocenters. The van der Waals surface area contributed by atoms with E-state index in [4.69, 9.17) is 15.5 Å². The number of nitrogen functional groups attached to an aromatic ring is 1. The van der Waals surface area contributed by atoms with Crippen LogP contribution in [0.3, 0.4) is 0 Å². The largest absolute Gasteiger partial charge is 0.462 e. The minimum absolute atomic E-state index is 0.0400. The molecule has 3 aliphatic rings. The quantitative estimate of drug-likeness (QED) is 0.294. The van der Waals surface area contributed by atoms with E-state index < -0.39 is 11.2 Å². The van der Waals surface area contributed by atoms with Crippen LogP contribution in [0.15, 0.2) is 36.3 Å². The standard InChI is InChI=1S/C32H34F2N8OS/c1-3-41-10-9-18(11-33)32(2,16-41)17-43-31-39-28-23(30(40-31)42-14-19-7-8-20(15-42)38-19)13-37-27(26(28)34)21-5-4-6-24-25(21)22(12-35)29(36)44-24/h4-6,11,13,19-20,38H,3,7-10,14-17,36H2,1-2H3/b18-11+/t19-,20+,32-/m0/s1. The molecule has 3 atom stereocenters. The lowest BCUT2D eigenvalue weighted by molar-refractivity contribution is 0.0977. The highest BCUT2D eigenvalue weighted by Gasteiger charge is 2.37. The van der Waals surface area contributed by atoms with Crippen LogP contribution in [-0.2, 0) is 0 Å². The number of benzene rings is 1. The van der Waals surface area contributed by atoms with Crippen molar-refractivity contribution in [3.05, 3.63) is 47.7 Å². The van der Waals surface area contributed by atoms with E-state index in [0.29, 0.717) is 69.7 Å². The second-order valence-corrected chi connectivity index (χ2v) is 13.4. The molecule has 3 aliphatic heterocycles. The van der Waals surface area contributed by atoms with Crippen LogP contribution in [0.4, 0.5) is 19.6 Å². The molecular weight excluding hydrogens is 582 g/mol. The number of rotatable bonds is 6. The first-order valence-corrected chi connectivity index (χ1v) is 15.9. The van der Waals surface area contributed by atoms with Crippen LogP contribution in [0.5, 0.6) is 6.01 Å². The average molecular weight is 617 g/mol. The number of pyridine rings is 1. The van der Waals surface area contributed by atoms with Gasteiger partial charge in [-0.3, -0.25) is 4.98 Å². The van der Waals surface area contributed by atoms with Crippen LogP contribution in [-0.4, -0.2) is 71.3 Å². The topological polar surface area (TPSA) is 116 Å². The Kier molecular flexibility index (Phi) is 7.35. The van der Waals surface area contributed by atoms with Crippen molar-refractivity contribution in [1.29, 1.82) is 5.26 Å². The number of nitrogens with zero attached hydrogens (tertiary/aromatic N) is 6. The fraction of sp³-hybridized carbons (Fsp3) is 0.438. The normalized spacial score (nSPS) is 24.8. The van der Waals surface area contributed by atoms with E-state index in [1.54, 1.807) is 18.3 Å². The van der Waals surface area contributed by atoms with E-state index in [1.165, 1.54) is 11.3 Å². The fourth-order valence-electron chi connectivity index (χ4n) is 7.03. The van der Waals surface area contributed by atoms with Gasteiger partial charge in [0.15, 0.2) is 5.82 Å². The number of hydrogen-bond donors (Lipinski definition) is 2. The Morgan fingerprint density at radius 3 is 2.80 bits per heavy atom. The molecular formula is C32H34F2N8OS. The number of nitriles is 1. The molecule has 0 amide bonds. The number of halogens is 2. The van der Waals surface area contributed by atoms with Gasteiger partial charge in [-0.25, -0.2) is 8.78 Å². The molecule has 4 aromatic rings. The predicted octanol–water partition coefficient (Wildman–Crippen LogP) is 5.40. The highest BCUT2D eigenvalue weighted by molar-refractivity contribution is 7.23. The first-order chi connectivity index (χ1) is 21.3. The van der Waals surface area contributed by atoms with Crippen molar-refractivity contribution >= 4 is 43.1 Å². The SMILES string of the molecule is CCN1CC/C(=C\F)[C@](C)(COc2nc(N3C[C@H]4CC[C@@H](C3)N4)c3cnc(-c4cccc5sc(N)c(C#N)c45)c(F)c3n2)C1. The summed E-state index contributed by atoms with van der Waals surface area (Å²) in [6, 6.07) is 8.26. The third kappa shape index (κ3) is 4.83. The summed E-state index contributed by atoms with van der Waals surface area (Å²) in [4.78, 5) is 18.4. The molecule has 6 heterocycles. The number of nitrogens with one attached hydrogen (secondary N) is 1. The summed E-state index contributed by atoms with van der Waals surface area (Å²) in [6.45, 7) is 7.95. The summed E-state index contributed by atoms with van der Waals surface area (Å²) < 4.78 is 37.7. The van der Waals surface area contributed by atoms with Gasteiger partial charge in [0.1, 0.15) is 34.7 Å². The number of ether oxygens (including phenoxy) is 1. The van der Waals surface area contributed by atoms with Crippen molar-refractivity contribution in [1.82, 2.24) is 25.2 Å². The molecule has 3 N–H and O–H groups in total. The highest BCUT2D eigenvalue weighted by Crippen LogP contribution is 2.42. The Hall–Kier alpha value is -3.92. The van der Waals surface area contributed by atoms with Gasteiger partial charge in [0, 0.05) is 65.5 Å². The summed E-state index contributed by atoms with van der Waals surface area (Å²) in [5.41, 5.74) is 7.19. The van der Waals surface area contributed by atoms with Crippen LogP contribution in [0.25, 0.3) is 32.2 Å². The average Bonchev–Trinajstić information content (AvgIpc) is 3.55. The van der Waals surface area contributed by atoms with Crippen LogP contribution >= 0.6 is 11.3 Å². The van der Waals surface area contributed by atoms with Crippen molar-refractivity contribution in [3.63, 3.8) is 0 Å². The van der Waals surface area contributed by atoms with Gasteiger partial charge in [0.25, 0.3) is 0 Å². The highest BCUT2D eigenvalue weighted by atomic mass is 32.1. The Morgan fingerprint density at radius 1 is 1.27 bits per heavy atom. The summed E-state index contributed by atoms with van der Waals surface area (Å²) in [7, 11) is 0. The van der Waals surface area contributed by atoms with E-state index >= 15 is 4.39 Å². The molecule has 2 bridgehead atoms. The molecule has 0 radical (unpaired) electrons. The fourth-order valence-corrected chi connectivity index (χ4v) is 7.98.